The highest BCUT2D eigenvalue weighted by molar-refractivity contribution is 7.09. The molecule has 0 fully saturated rings. The third kappa shape index (κ3) is 4.16. The third-order valence-corrected chi connectivity index (χ3v) is 5.00. The molecule has 1 aromatic carbocycles. The highest BCUT2D eigenvalue weighted by atomic mass is 32.1. The number of carbonyl (C=O) groups excluding carboxylic acids is 1. The van der Waals surface area contributed by atoms with E-state index in [1.54, 1.807) is 23.5 Å². The van der Waals surface area contributed by atoms with Crippen LogP contribution in [0.25, 0.3) is 0 Å². The Hall–Kier alpha value is -2.21. The van der Waals surface area contributed by atoms with Gasteiger partial charge in [-0.15, -0.1) is 11.3 Å². The van der Waals surface area contributed by atoms with Crippen molar-refractivity contribution in [2.75, 3.05) is 0 Å². The summed E-state index contributed by atoms with van der Waals surface area (Å²) in [6.45, 7) is 5.91. The highest BCUT2D eigenvalue weighted by Gasteiger charge is 2.29. The maximum absolute atomic E-state index is 12.3. The SMILES string of the molecule is CCC(C)(NC(=O)Cc1ccc(C(=O)O)cc1)c1nc(C)cs1. The molecule has 0 saturated carbocycles. The fourth-order valence-corrected chi connectivity index (χ4v) is 3.19. The largest absolute Gasteiger partial charge is 0.478 e. The van der Waals surface area contributed by atoms with Crippen molar-refractivity contribution < 1.29 is 14.7 Å². The third-order valence-electron chi connectivity index (χ3n) is 3.78. The molecule has 1 atom stereocenters. The Morgan fingerprint density at radius 3 is 2.43 bits per heavy atom. The number of aromatic carboxylic acids is 1. The van der Waals surface area contributed by atoms with Crippen molar-refractivity contribution in [3.8, 4) is 0 Å². The number of hydrogen-bond donors (Lipinski definition) is 2. The van der Waals surface area contributed by atoms with Crippen LogP contribution in [-0.4, -0.2) is 22.0 Å². The first-order valence-corrected chi connectivity index (χ1v) is 8.28. The molecule has 6 heteroatoms. The molecular formula is C17H20N2O3S. The van der Waals surface area contributed by atoms with Gasteiger partial charge in [-0.25, -0.2) is 9.78 Å². The van der Waals surface area contributed by atoms with Crippen LogP contribution in [0.5, 0.6) is 0 Å². The molecule has 5 nitrogen and oxygen atoms in total. The standard InChI is InChI=1S/C17H20N2O3S/c1-4-17(3,16-18-11(2)10-23-16)19-14(20)9-12-5-7-13(8-6-12)15(21)22/h5-8,10H,4,9H2,1-3H3,(H,19,20)(H,21,22). The Morgan fingerprint density at radius 1 is 1.30 bits per heavy atom. The normalized spacial score (nSPS) is 13.3. The molecule has 1 aromatic heterocycles. The van der Waals surface area contributed by atoms with Gasteiger partial charge in [0.2, 0.25) is 5.91 Å². The van der Waals surface area contributed by atoms with Gasteiger partial charge in [0.15, 0.2) is 0 Å². The van der Waals surface area contributed by atoms with Crippen LogP contribution < -0.4 is 5.32 Å². The monoisotopic (exact) mass is 332 g/mol. The number of hydrogen-bond acceptors (Lipinski definition) is 4. The van der Waals surface area contributed by atoms with E-state index in [2.05, 4.69) is 10.3 Å². The number of benzene rings is 1. The minimum atomic E-state index is -0.973. The zero-order chi connectivity index (χ0) is 17.0. The summed E-state index contributed by atoms with van der Waals surface area (Å²) in [6, 6.07) is 6.35. The molecule has 0 saturated heterocycles. The second-order valence-electron chi connectivity index (χ2n) is 5.71. The summed E-state index contributed by atoms with van der Waals surface area (Å²) in [5.41, 5.74) is 1.45. The molecule has 0 spiro atoms. The van der Waals surface area contributed by atoms with Crippen molar-refractivity contribution in [1.29, 1.82) is 0 Å². The van der Waals surface area contributed by atoms with Crippen LogP contribution in [0, 0.1) is 6.92 Å². The van der Waals surface area contributed by atoms with Crippen molar-refractivity contribution in [3.05, 3.63) is 51.5 Å². The van der Waals surface area contributed by atoms with E-state index in [9.17, 15) is 9.59 Å². The van der Waals surface area contributed by atoms with Crippen molar-refractivity contribution in [3.63, 3.8) is 0 Å². The van der Waals surface area contributed by atoms with Gasteiger partial charge in [0.05, 0.1) is 17.5 Å². The number of nitrogens with zero attached hydrogens (tertiary/aromatic N) is 1. The molecule has 1 heterocycles. The van der Waals surface area contributed by atoms with Gasteiger partial charge in [0, 0.05) is 11.1 Å². The van der Waals surface area contributed by atoms with E-state index >= 15 is 0 Å². The number of aromatic nitrogens is 1. The number of nitrogens with one attached hydrogen (secondary N) is 1. The predicted molar refractivity (Wildman–Crippen MR) is 89.7 cm³/mol. The molecular weight excluding hydrogens is 312 g/mol. The lowest BCUT2D eigenvalue weighted by Crippen LogP contribution is -2.43. The quantitative estimate of drug-likeness (QED) is 0.852. The number of carboxylic acid groups (broad SMARTS) is 1. The molecule has 1 amide bonds. The van der Waals surface area contributed by atoms with E-state index in [1.807, 2.05) is 26.2 Å². The molecule has 2 aromatic rings. The van der Waals surface area contributed by atoms with Crippen LogP contribution >= 0.6 is 11.3 Å². The van der Waals surface area contributed by atoms with Crippen LogP contribution in [0.2, 0.25) is 0 Å². The Labute approximate surface area is 139 Å². The second-order valence-corrected chi connectivity index (χ2v) is 6.56. The van der Waals surface area contributed by atoms with Crippen LogP contribution in [0.4, 0.5) is 0 Å². The lowest BCUT2D eigenvalue weighted by Gasteiger charge is -2.27. The van der Waals surface area contributed by atoms with E-state index in [0.717, 1.165) is 22.7 Å². The lowest BCUT2D eigenvalue weighted by molar-refractivity contribution is -0.122. The molecule has 122 valence electrons. The summed E-state index contributed by atoms with van der Waals surface area (Å²) in [7, 11) is 0. The van der Waals surface area contributed by atoms with Crippen LogP contribution in [-0.2, 0) is 16.8 Å². The Kier molecular flexibility index (Phi) is 5.15. The summed E-state index contributed by atoms with van der Waals surface area (Å²) >= 11 is 1.54. The first kappa shape index (κ1) is 17.1. The summed E-state index contributed by atoms with van der Waals surface area (Å²) < 4.78 is 0. The maximum Gasteiger partial charge on any atom is 0.335 e. The Bertz CT molecular complexity index is 709. The maximum atomic E-state index is 12.3. The van der Waals surface area contributed by atoms with Gasteiger partial charge in [0.1, 0.15) is 5.01 Å². The molecule has 2 N–H and O–H groups in total. The topological polar surface area (TPSA) is 79.3 Å². The summed E-state index contributed by atoms with van der Waals surface area (Å²) in [6.07, 6.45) is 0.948. The summed E-state index contributed by atoms with van der Waals surface area (Å²) in [5.74, 6) is -1.08. The van der Waals surface area contributed by atoms with Crippen LogP contribution in [0.15, 0.2) is 29.6 Å². The van der Waals surface area contributed by atoms with E-state index < -0.39 is 11.5 Å². The first-order chi connectivity index (χ1) is 10.8. The number of amides is 1. The highest BCUT2D eigenvalue weighted by Crippen LogP contribution is 2.27. The van der Waals surface area contributed by atoms with Crippen molar-refractivity contribution >= 4 is 23.2 Å². The van der Waals surface area contributed by atoms with Crippen molar-refractivity contribution in [1.82, 2.24) is 10.3 Å². The molecule has 0 aliphatic rings. The number of rotatable bonds is 6. The van der Waals surface area contributed by atoms with E-state index in [-0.39, 0.29) is 17.9 Å². The first-order valence-electron chi connectivity index (χ1n) is 7.40. The Balaban J connectivity index is 2.06. The molecule has 0 aliphatic heterocycles. The molecule has 0 bridgehead atoms. The van der Waals surface area contributed by atoms with Gasteiger partial charge in [-0.3, -0.25) is 4.79 Å². The van der Waals surface area contributed by atoms with Crippen LogP contribution in [0.3, 0.4) is 0 Å². The van der Waals surface area contributed by atoms with E-state index in [4.69, 9.17) is 5.11 Å². The minimum Gasteiger partial charge on any atom is -0.478 e. The zero-order valence-electron chi connectivity index (χ0n) is 13.4. The Morgan fingerprint density at radius 2 is 1.96 bits per heavy atom. The lowest BCUT2D eigenvalue weighted by atomic mass is 9.99. The minimum absolute atomic E-state index is 0.106. The van der Waals surface area contributed by atoms with Gasteiger partial charge < -0.3 is 10.4 Å². The van der Waals surface area contributed by atoms with Crippen molar-refractivity contribution in [2.24, 2.45) is 0 Å². The van der Waals surface area contributed by atoms with Gasteiger partial charge in [0.25, 0.3) is 0 Å². The van der Waals surface area contributed by atoms with Gasteiger partial charge in [-0.1, -0.05) is 19.1 Å². The number of aryl methyl sites for hydroxylation is 1. The average Bonchev–Trinajstić information content (AvgIpc) is 2.94. The number of carbonyl (C=O) groups is 2. The van der Waals surface area contributed by atoms with Gasteiger partial charge >= 0.3 is 5.97 Å². The van der Waals surface area contributed by atoms with E-state index in [0.29, 0.717) is 0 Å². The van der Waals surface area contributed by atoms with Gasteiger partial charge in [-0.2, -0.15) is 0 Å². The second kappa shape index (κ2) is 6.91. The van der Waals surface area contributed by atoms with Gasteiger partial charge in [-0.05, 0) is 38.0 Å². The fourth-order valence-electron chi connectivity index (χ4n) is 2.20. The average molecular weight is 332 g/mol. The van der Waals surface area contributed by atoms with Crippen LogP contribution in [0.1, 0.15) is 46.9 Å². The fraction of sp³-hybridized carbons (Fsp3) is 0.353. The molecule has 1 unspecified atom stereocenters. The predicted octanol–water partition coefficient (Wildman–Crippen LogP) is 3.13. The molecule has 0 aliphatic carbocycles. The summed E-state index contributed by atoms with van der Waals surface area (Å²) in [4.78, 5) is 27.7. The summed E-state index contributed by atoms with van der Waals surface area (Å²) in [5, 5.41) is 14.8. The molecule has 23 heavy (non-hydrogen) atoms. The number of carboxylic acids is 1. The smallest absolute Gasteiger partial charge is 0.335 e. The van der Waals surface area contributed by atoms with E-state index in [1.165, 1.54) is 12.1 Å². The molecule has 2 rings (SSSR count). The molecule has 0 radical (unpaired) electrons. The number of thiazole rings is 1. The van der Waals surface area contributed by atoms with Crippen molar-refractivity contribution in [2.45, 2.75) is 39.2 Å². The zero-order valence-corrected chi connectivity index (χ0v) is 14.2.